The van der Waals surface area contributed by atoms with Gasteiger partial charge in [-0.1, -0.05) is 18.2 Å². The lowest BCUT2D eigenvalue weighted by Crippen LogP contribution is -2.14. The van der Waals surface area contributed by atoms with Crippen molar-refractivity contribution in [3.05, 3.63) is 39.9 Å². The molecule has 1 unspecified atom stereocenters. The van der Waals surface area contributed by atoms with Gasteiger partial charge in [0.2, 0.25) is 0 Å². The lowest BCUT2D eigenvalue weighted by Gasteiger charge is -2.08. The second kappa shape index (κ2) is 5.60. The minimum Gasteiger partial charge on any atom is -0.465 e. The van der Waals surface area contributed by atoms with Gasteiger partial charge in [-0.2, -0.15) is 0 Å². The first-order chi connectivity index (χ1) is 10.1. The predicted molar refractivity (Wildman–Crippen MR) is 84.7 cm³/mol. The lowest BCUT2D eigenvalue weighted by molar-refractivity contribution is -0.145. The number of fused-ring (bicyclic) bond motifs is 1. The Morgan fingerprint density at radius 1 is 1.43 bits per heavy atom. The number of carbonyl (C=O) groups excluding carboxylic acids is 1. The highest BCUT2D eigenvalue weighted by molar-refractivity contribution is 7.15. The highest BCUT2D eigenvalue weighted by Crippen LogP contribution is 2.41. The fraction of sp³-hybridized carbons (Fsp3) is 0.412. The Hall–Kier alpha value is -1.68. The van der Waals surface area contributed by atoms with Crippen LogP contribution in [0.4, 0.5) is 0 Å². The standard InChI is InChI=1S/C17H19NO2S/c1-4-20-17(19)13-8-9-14-15(13)18-16(21-14)12-7-5-6-10(2)11(12)3/h5-7,13H,4,8-9H2,1-3H3. The van der Waals surface area contributed by atoms with Gasteiger partial charge in [-0.25, -0.2) is 4.98 Å². The van der Waals surface area contributed by atoms with Crippen molar-refractivity contribution in [3.8, 4) is 10.6 Å². The van der Waals surface area contributed by atoms with Crippen molar-refractivity contribution in [2.24, 2.45) is 0 Å². The van der Waals surface area contributed by atoms with Crippen LogP contribution in [0.5, 0.6) is 0 Å². The van der Waals surface area contributed by atoms with Crippen LogP contribution < -0.4 is 0 Å². The van der Waals surface area contributed by atoms with E-state index >= 15 is 0 Å². The molecule has 3 nitrogen and oxygen atoms in total. The van der Waals surface area contributed by atoms with Crippen molar-refractivity contribution in [2.45, 2.75) is 39.5 Å². The van der Waals surface area contributed by atoms with Crippen LogP contribution >= 0.6 is 11.3 Å². The zero-order valence-electron chi connectivity index (χ0n) is 12.6. The Labute approximate surface area is 129 Å². The summed E-state index contributed by atoms with van der Waals surface area (Å²) in [6.07, 6.45) is 1.77. The van der Waals surface area contributed by atoms with E-state index in [4.69, 9.17) is 9.72 Å². The topological polar surface area (TPSA) is 39.2 Å². The Balaban J connectivity index is 1.97. The Morgan fingerprint density at radius 2 is 2.24 bits per heavy atom. The van der Waals surface area contributed by atoms with Crippen molar-refractivity contribution in [3.63, 3.8) is 0 Å². The first-order valence-corrected chi connectivity index (χ1v) is 8.16. The van der Waals surface area contributed by atoms with E-state index in [9.17, 15) is 4.79 Å². The van der Waals surface area contributed by atoms with E-state index in [1.807, 2.05) is 6.92 Å². The number of ether oxygens (including phenoxy) is 1. The van der Waals surface area contributed by atoms with Crippen LogP contribution in [0, 0.1) is 13.8 Å². The maximum absolute atomic E-state index is 12.0. The number of hydrogen-bond donors (Lipinski definition) is 0. The van der Waals surface area contributed by atoms with Gasteiger partial charge in [0.25, 0.3) is 0 Å². The molecule has 0 aliphatic heterocycles. The number of aryl methyl sites for hydroxylation is 2. The van der Waals surface area contributed by atoms with Gasteiger partial charge >= 0.3 is 5.97 Å². The van der Waals surface area contributed by atoms with Crippen molar-refractivity contribution in [1.82, 2.24) is 4.98 Å². The van der Waals surface area contributed by atoms with Gasteiger partial charge in [-0.05, 0) is 44.7 Å². The molecule has 0 fully saturated rings. The summed E-state index contributed by atoms with van der Waals surface area (Å²) in [5.74, 6) is -0.302. The molecule has 1 atom stereocenters. The zero-order chi connectivity index (χ0) is 15.0. The average Bonchev–Trinajstić information content (AvgIpc) is 3.01. The van der Waals surface area contributed by atoms with Gasteiger partial charge in [-0.3, -0.25) is 4.79 Å². The van der Waals surface area contributed by atoms with Crippen molar-refractivity contribution >= 4 is 17.3 Å². The zero-order valence-corrected chi connectivity index (χ0v) is 13.4. The molecule has 0 bridgehead atoms. The van der Waals surface area contributed by atoms with E-state index in [-0.39, 0.29) is 11.9 Å². The smallest absolute Gasteiger partial charge is 0.315 e. The monoisotopic (exact) mass is 301 g/mol. The van der Waals surface area contributed by atoms with Crippen LogP contribution in [0.1, 0.15) is 41.0 Å². The molecule has 0 saturated heterocycles. The van der Waals surface area contributed by atoms with Crippen molar-refractivity contribution in [1.29, 1.82) is 0 Å². The third-order valence-corrected chi connectivity index (χ3v) is 5.29. The Bertz CT molecular complexity index is 690. The minimum atomic E-state index is -0.171. The number of benzene rings is 1. The lowest BCUT2D eigenvalue weighted by atomic mass is 10.0. The van der Waals surface area contributed by atoms with Crippen LogP contribution in [0.25, 0.3) is 10.6 Å². The van der Waals surface area contributed by atoms with Crippen LogP contribution in [-0.2, 0) is 16.0 Å². The largest absolute Gasteiger partial charge is 0.465 e. The molecule has 0 amide bonds. The summed E-state index contributed by atoms with van der Waals surface area (Å²) >= 11 is 1.72. The molecule has 2 aromatic rings. The molecule has 4 heteroatoms. The molecule has 3 rings (SSSR count). The quantitative estimate of drug-likeness (QED) is 0.804. The molecule has 1 heterocycles. The molecular formula is C17H19NO2S. The third kappa shape index (κ3) is 2.48. The third-order valence-electron chi connectivity index (χ3n) is 4.12. The molecular weight excluding hydrogens is 282 g/mol. The first-order valence-electron chi connectivity index (χ1n) is 7.34. The van der Waals surface area contributed by atoms with Crippen LogP contribution in [-0.4, -0.2) is 17.6 Å². The highest BCUT2D eigenvalue weighted by Gasteiger charge is 2.33. The average molecular weight is 301 g/mol. The highest BCUT2D eigenvalue weighted by atomic mass is 32.1. The fourth-order valence-electron chi connectivity index (χ4n) is 2.80. The predicted octanol–water partition coefficient (Wildman–Crippen LogP) is 4.02. The summed E-state index contributed by atoms with van der Waals surface area (Å²) in [7, 11) is 0. The van der Waals surface area contributed by atoms with Crippen LogP contribution in [0.15, 0.2) is 18.2 Å². The molecule has 1 aromatic heterocycles. The summed E-state index contributed by atoms with van der Waals surface area (Å²) in [6.45, 7) is 6.51. The number of thiazole rings is 1. The molecule has 1 aromatic carbocycles. The van der Waals surface area contributed by atoms with Crippen molar-refractivity contribution in [2.75, 3.05) is 6.61 Å². The van der Waals surface area contributed by atoms with E-state index < -0.39 is 0 Å². The molecule has 0 spiro atoms. The second-order valence-corrected chi connectivity index (χ2v) is 6.50. The van der Waals surface area contributed by atoms with E-state index in [1.54, 1.807) is 11.3 Å². The molecule has 1 aliphatic carbocycles. The number of hydrogen-bond acceptors (Lipinski definition) is 4. The Morgan fingerprint density at radius 3 is 3.00 bits per heavy atom. The van der Waals surface area contributed by atoms with Crippen molar-refractivity contribution < 1.29 is 9.53 Å². The van der Waals surface area contributed by atoms with Gasteiger partial charge in [0.1, 0.15) is 10.9 Å². The first kappa shape index (κ1) is 14.3. The fourth-order valence-corrected chi connectivity index (χ4v) is 4.02. The number of aromatic nitrogens is 1. The van der Waals surface area contributed by atoms with E-state index in [1.165, 1.54) is 21.6 Å². The van der Waals surface area contributed by atoms with Gasteiger partial charge in [0.05, 0.1) is 12.3 Å². The molecule has 0 saturated carbocycles. The normalized spacial score (nSPS) is 16.8. The summed E-state index contributed by atoms with van der Waals surface area (Å²) in [5, 5.41) is 1.02. The maximum atomic E-state index is 12.0. The molecule has 0 N–H and O–H groups in total. The van der Waals surface area contributed by atoms with E-state index in [0.29, 0.717) is 6.61 Å². The van der Waals surface area contributed by atoms with Gasteiger partial charge in [0, 0.05) is 10.4 Å². The SMILES string of the molecule is CCOC(=O)C1CCc2sc(-c3cccc(C)c3C)nc21. The summed E-state index contributed by atoms with van der Waals surface area (Å²) in [6, 6.07) is 6.28. The Kier molecular flexibility index (Phi) is 3.81. The number of nitrogens with zero attached hydrogens (tertiary/aromatic N) is 1. The van der Waals surface area contributed by atoms with Gasteiger partial charge < -0.3 is 4.74 Å². The van der Waals surface area contributed by atoms with Gasteiger partial charge in [0.15, 0.2) is 0 Å². The van der Waals surface area contributed by atoms with E-state index in [0.717, 1.165) is 23.5 Å². The number of carbonyl (C=O) groups is 1. The molecule has 0 radical (unpaired) electrons. The molecule has 21 heavy (non-hydrogen) atoms. The summed E-state index contributed by atoms with van der Waals surface area (Å²) < 4.78 is 5.17. The van der Waals surface area contributed by atoms with Crippen LogP contribution in [0.2, 0.25) is 0 Å². The van der Waals surface area contributed by atoms with Gasteiger partial charge in [-0.15, -0.1) is 11.3 Å². The van der Waals surface area contributed by atoms with E-state index in [2.05, 4.69) is 32.0 Å². The maximum Gasteiger partial charge on any atom is 0.315 e. The summed E-state index contributed by atoms with van der Waals surface area (Å²) in [4.78, 5) is 18.0. The second-order valence-electron chi connectivity index (χ2n) is 5.42. The number of rotatable bonds is 3. The van der Waals surface area contributed by atoms with Crippen LogP contribution in [0.3, 0.4) is 0 Å². The number of esters is 1. The minimum absolute atomic E-state index is 0.130. The molecule has 110 valence electrons. The summed E-state index contributed by atoms with van der Waals surface area (Å²) in [5.41, 5.74) is 4.65. The molecule has 1 aliphatic rings.